The summed E-state index contributed by atoms with van der Waals surface area (Å²) in [5.74, 6) is -2.11. The number of amides is 3. The highest BCUT2D eigenvalue weighted by Gasteiger charge is 2.46. The Bertz CT molecular complexity index is 854. The van der Waals surface area contributed by atoms with Crippen molar-refractivity contribution in [2.75, 3.05) is 20.2 Å². The van der Waals surface area contributed by atoms with Crippen molar-refractivity contribution in [1.29, 1.82) is 0 Å². The van der Waals surface area contributed by atoms with Crippen molar-refractivity contribution in [2.24, 2.45) is 5.92 Å². The standard InChI is InChI=1S/C24H35N3O7/c1-6-14-27(25-22(30)34-24(2,3)4)20(28)19-18(21(29)32-5)13-10-15-26(19)23(31)33-16-17-11-8-7-9-12-17/h7-9,11-12,18-19H,6,10,13-16H2,1-5H3,(H,25,30)/t18-,19+/m1/s1. The highest BCUT2D eigenvalue weighted by Crippen LogP contribution is 2.27. The maximum Gasteiger partial charge on any atom is 0.426 e. The molecule has 2 rings (SSSR count). The zero-order chi connectivity index (χ0) is 25.3. The van der Waals surface area contributed by atoms with E-state index >= 15 is 0 Å². The number of benzene rings is 1. The number of rotatable bonds is 6. The van der Waals surface area contributed by atoms with E-state index in [0.29, 0.717) is 19.3 Å². The molecule has 0 bridgehead atoms. The molecule has 1 aromatic rings. The molecular weight excluding hydrogens is 442 g/mol. The summed E-state index contributed by atoms with van der Waals surface area (Å²) in [6.45, 7) is 7.36. The minimum atomic E-state index is -1.19. The summed E-state index contributed by atoms with van der Waals surface area (Å²) in [6.07, 6.45) is -0.146. The lowest BCUT2D eigenvalue weighted by Crippen LogP contribution is -2.61. The Balaban J connectivity index is 2.26. The number of esters is 1. The van der Waals surface area contributed by atoms with Crippen molar-refractivity contribution >= 4 is 24.1 Å². The van der Waals surface area contributed by atoms with Gasteiger partial charge in [0.2, 0.25) is 0 Å². The molecule has 1 aromatic carbocycles. The first kappa shape index (κ1) is 26.9. The van der Waals surface area contributed by atoms with Crippen LogP contribution in [-0.2, 0) is 30.4 Å². The number of piperidine rings is 1. The summed E-state index contributed by atoms with van der Waals surface area (Å²) >= 11 is 0. The topological polar surface area (TPSA) is 114 Å². The van der Waals surface area contributed by atoms with Gasteiger partial charge >= 0.3 is 18.2 Å². The molecule has 1 aliphatic rings. The Labute approximate surface area is 200 Å². The molecule has 34 heavy (non-hydrogen) atoms. The van der Waals surface area contributed by atoms with E-state index < -0.39 is 41.6 Å². The van der Waals surface area contributed by atoms with Gasteiger partial charge < -0.3 is 14.2 Å². The number of likely N-dealkylation sites (tertiary alicyclic amines) is 1. The lowest BCUT2D eigenvalue weighted by atomic mass is 9.88. The molecule has 3 amide bonds. The van der Waals surface area contributed by atoms with E-state index in [1.807, 2.05) is 37.3 Å². The fourth-order valence-electron chi connectivity index (χ4n) is 3.72. The highest BCUT2D eigenvalue weighted by atomic mass is 16.6. The SMILES string of the molecule is CCCN(NC(=O)OC(C)(C)C)C(=O)[C@@H]1[C@H](C(=O)OC)CCCN1C(=O)OCc1ccccc1. The molecule has 188 valence electrons. The predicted molar refractivity (Wildman–Crippen MR) is 123 cm³/mol. The molecule has 0 aliphatic carbocycles. The predicted octanol–water partition coefficient (Wildman–Crippen LogP) is 3.26. The average molecular weight is 478 g/mol. The zero-order valence-electron chi connectivity index (χ0n) is 20.5. The Morgan fingerprint density at radius 3 is 2.41 bits per heavy atom. The van der Waals surface area contributed by atoms with Crippen molar-refractivity contribution in [3.63, 3.8) is 0 Å². The number of methoxy groups -OCH3 is 1. The van der Waals surface area contributed by atoms with Gasteiger partial charge in [-0.25, -0.2) is 20.0 Å². The quantitative estimate of drug-likeness (QED) is 0.380. The van der Waals surface area contributed by atoms with Crippen molar-refractivity contribution < 1.29 is 33.4 Å². The smallest absolute Gasteiger partial charge is 0.426 e. The molecule has 1 saturated heterocycles. The number of hydrogen-bond acceptors (Lipinski definition) is 7. The maximum atomic E-state index is 13.6. The van der Waals surface area contributed by atoms with Crippen molar-refractivity contribution in [3.8, 4) is 0 Å². The third-order valence-electron chi connectivity index (χ3n) is 5.17. The minimum Gasteiger partial charge on any atom is -0.469 e. The van der Waals surface area contributed by atoms with E-state index in [4.69, 9.17) is 14.2 Å². The molecule has 2 atom stereocenters. The lowest BCUT2D eigenvalue weighted by molar-refractivity contribution is -0.157. The van der Waals surface area contributed by atoms with Crippen molar-refractivity contribution in [2.45, 2.75) is 65.2 Å². The van der Waals surface area contributed by atoms with Crippen LogP contribution in [0.3, 0.4) is 0 Å². The molecule has 1 N–H and O–H groups in total. The number of ether oxygens (including phenoxy) is 3. The van der Waals surface area contributed by atoms with Gasteiger partial charge in [-0.1, -0.05) is 37.3 Å². The first-order valence-electron chi connectivity index (χ1n) is 11.4. The fraction of sp³-hybridized carbons (Fsp3) is 0.583. The first-order valence-corrected chi connectivity index (χ1v) is 11.4. The summed E-state index contributed by atoms with van der Waals surface area (Å²) < 4.78 is 15.6. The van der Waals surface area contributed by atoms with Crippen molar-refractivity contribution in [1.82, 2.24) is 15.3 Å². The second-order valence-electron chi connectivity index (χ2n) is 9.05. The van der Waals surface area contributed by atoms with Crippen LogP contribution in [0, 0.1) is 5.92 Å². The van der Waals surface area contributed by atoms with E-state index in [0.717, 1.165) is 10.6 Å². The summed E-state index contributed by atoms with van der Waals surface area (Å²) in [5.41, 5.74) is 2.48. The van der Waals surface area contributed by atoms with Gasteiger partial charge in [-0.2, -0.15) is 0 Å². The summed E-state index contributed by atoms with van der Waals surface area (Å²) in [5, 5.41) is 1.09. The van der Waals surface area contributed by atoms with Gasteiger partial charge in [-0.05, 0) is 45.6 Å². The number of carbonyl (C=O) groups excluding carboxylic acids is 4. The van der Waals surface area contributed by atoms with Crippen LogP contribution in [0.25, 0.3) is 0 Å². The summed E-state index contributed by atoms with van der Waals surface area (Å²) in [7, 11) is 1.24. The van der Waals surface area contributed by atoms with Crippen molar-refractivity contribution in [3.05, 3.63) is 35.9 Å². The van der Waals surface area contributed by atoms with Gasteiger partial charge in [-0.3, -0.25) is 14.5 Å². The Morgan fingerprint density at radius 2 is 1.82 bits per heavy atom. The number of nitrogens with one attached hydrogen (secondary N) is 1. The van der Waals surface area contributed by atoms with E-state index in [1.165, 1.54) is 12.0 Å². The monoisotopic (exact) mass is 477 g/mol. The van der Waals surface area contributed by atoms with E-state index in [-0.39, 0.29) is 19.7 Å². The van der Waals surface area contributed by atoms with E-state index in [2.05, 4.69) is 5.43 Å². The average Bonchev–Trinajstić information content (AvgIpc) is 2.80. The summed E-state index contributed by atoms with van der Waals surface area (Å²) in [6, 6.07) is 7.95. The van der Waals surface area contributed by atoms with Crippen LogP contribution >= 0.6 is 0 Å². The maximum absolute atomic E-state index is 13.6. The lowest BCUT2D eigenvalue weighted by Gasteiger charge is -2.40. The van der Waals surface area contributed by atoms with Gasteiger partial charge in [0.05, 0.1) is 13.0 Å². The molecular formula is C24H35N3O7. The molecule has 1 heterocycles. The zero-order valence-corrected chi connectivity index (χ0v) is 20.5. The van der Waals surface area contributed by atoms with Crippen LogP contribution in [-0.4, -0.2) is 65.8 Å². The van der Waals surface area contributed by atoms with E-state index in [1.54, 1.807) is 20.8 Å². The van der Waals surface area contributed by atoms with Crippen LogP contribution in [0.4, 0.5) is 9.59 Å². The van der Waals surface area contributed by atoms with Gasteiger partial charge in [0.15, 0.2) is 0 Å². The Hall–Kier alpha value is -3.30. The molecule has 1 aliphatic heterocycles. The van der Waals surface area contributed by atoms with E-state index in [9.17, 15) is 19.2 Å². The van der Waals surface area contributed by atoms with Crippen LogP contribution in [0.1, 0.15) is 52.5 Å². The molecule has 1 fully saturated rings. The number of nitrogens with zero attached hydrogens (tertiary/aromatic N) is 2. The normalized spacial score (nSPS) is 18.0. The molecule has 10 heteroatoms. The molecule has 0 unspecified atom stereocenters. The largest absolute Gasteiger partial charge is 0.469 e. The molecule has 0 saturated carbocycles. The Morgan fingerprint density at radius 1 is 1.15 bits per heavy atom. The number of carbonyl (C=O) groups is 4. The van der Waals surface area contributed by atoms with Gasteiger partial charge in [0.1, 0.15) is 18.2 Å². The number of hydrazine groups is 1. The van der Waals surface area contributed by atoms with Crippen LogP contribution in [0.2, 0.25) is 0 Å². The Kier molecular flexibility index (Phi) is 9.70. The first-order chi connectivity index (χ1) is 16.1. The molecule has 0 aromatic heterocycles. The van der Waals surface area contributed by atoms with Crippen LogP contribution in [0.5, 0.6) is 0 Å². The van der Waals surface area contributed by atoms with Gasteiger partial charge in [-0.15, -0.1) is 0 Å². The summed E-state index contributed by atoms with van der Waals surface area (Å²) in [4.78, 5) is 52.7. The van der Waals surface area contributed by atoms with Gasteiger partial charge in [0.25, 0.3) is 5.91 Å². The second-order valence-corrected chi connectivity index (χ2v) is 9.05. The second kappa shape index (κ2) is 12.2. The fourth-order valence-corrected chi connectivity index (χ4v) is 3.72. The molecule has 0 radical (unpaired) electrons. The minimum absolute atomic E-state index is 0.0226. The molecule has 0 spiro atoms. The highest BCUT2D eigenvalue weighted by molar-refractivity contribution is 5.92. The van der Waals surface area contributed by atoms with Gasteiger partial charge in [0, 0.05) is 13.1 Å². The third kappa shape index (κ3) is 7.64. The number of hydrogen-bond donors (Lipinski definition) is 1. The van der Waals surface area contributed by atoms with Crippen LogP contribution in [0.15, 0.2) is 30.3 Å². The molecule has 10 nitrogen and oxygen atoms in total. The van der Waals surface area contributed by atoms with Crippen LogP contribution < -0.4 is 5.43 Å². The third-order valence-corrected chi connectivity index (χ3v) is 5.17.